The van der Waals surface area contributed by atoms with Crippen LogP contribution in [0.5, 0.6) is 0 Å². The summed E-state index contributed by atoms with van der Waals surface area (Å²) in [4.78, 5) is 12.5. The van der Waals surface area contributed by atoms with Gasteiger partial charge >= 0.3 is 5.97 Å². The second kappa shape index (κ2) is 7.26. The predicted octanol–water partition coefficient (Wildman–Crippen LogP) is 4.58. The van der Waals surface area contributed by atoms with Crippen molar-refractivity contribution in [2.75, 3.05) is 0 Å². The Morgan fingerprint density at radius 1 is 0.875 bits per heavy atom. The van der Waals surface area contributed by atoms with Crippen molar-refractivity contribution in [1.82, 2.24) is 0 Å². The second-order valence-corrected chi connectivity index (χ2v) is 5.26. The fourth-order valence-electron chi connectivity index (χ4n) is 2.51. The highest BCUT2D eigenvalue weighted by Crippen LogP contribution is 2.24. The van der Waals surface area contributed by atoms with Gasteiger partial charge in [-0.25, -0.2) is 4.79 Å². The quantitative estimate of drug-likeness (QED) is 0.662. The van der Waals surface area contributed by atoms with E-state index >= 15 is 0 Å². The van der Waals surface area contributed by atoms with E-state index < -0.39 is 5.97 Å². The van der Waals surface area contributed by atoms with Gasteiger partial charge in [0.1, 0.15) is 6.61 Å². The van der Waals surface area contributed by atoms with E-state index in [0.29, 0.717) is 16.7 Å². The normalized spacial score (nSPS) is 9.96. The molecular weight excluding hydrogens is 298 g/mol. The van der Waals surface area contributed by atoms with E-state index in [2.05, 4.69) is 6.07 Å². The maximum absolute atomic E-state index is 12.5. The summed E-state index contributed by atoms with van der Waals surface area (Å²) in [7, 11) is 0. The van der Waals surface area contributed by atoms with Gasteiger partial charge in [0, 0.05) is 5.56 Å². The Kier molecular flexibility index (Phi) is 4.69. The Bertz CT molecular complexity index is 895. The number of benzene rings is 3. The zero-order valence-corrected chi connectivity index (χ0v) is 13.0. The molecule has 0 fully saturated rings. The van der Waals surface area contributed by atoms with Crippen LogP contribution in [0.1, 0.15) is 21.5 Å². The molecule has 3 aromatic carbocycles. The van der Waals surface area contributed by atoms with E-state index in [1.165, 1.54) is 0 Å². The average Bonchev–Trinajstić information content (AvgIpc) is 2.67. The van der Waals surface area contributed by atoms with E-state index in [-0.39, 0.29) is 6.61 Å². The molecule has 0 atom stereocenters. The van der Waals surface area contributed by atoms with Gasteiger partial charge in [-0.3, -0.25) is 0 Å². The Balaban J connectivity index is 1.83. The van der Waals surface area contributed by atoms with Crippen LogP contribution in [-0.4, -0.2) is 5.97 Å². The SMILES string of the molecule is N#Cc1ccccc1COC(=O)c1ccccc1-c1ccccc1. The van der Waals surface area contributed by atoms with Crippen LogP contribution in [0, 0.1) is 11.3 Å². The minimum Gasteiger partial charge on any atom is -0.457 e. The molecule has 0 saturated heterocycles. The van der Waals surface area contributed by atoms with Gasteiger partial charge in [0.05, 0.1) is 17.2 Å². The maximum Gasteiger partial charge on any atom is 0.339 e. The van der Waals surface area contributed by atoms with E-state index in [1.54, 1.807) is 24.3 Å². The van der Waals surface area contributed by atoms with Gasteiger partial charge < -0.3 is 4.74 Å². The molecule has 116 valence electrons. The number of hydrogen-bond donors (Lipinski definition) is 0. The van der Waals surface area contributed by atoms with Crippen molar-refractivity contribution in [2.24, 2.45) is 0 Å². The van der Waals surface area contributed by atoms with Gasteiger partial charge in [-0.05, 0) is 23.3 Å². The highest BCUT2D eigenvalue weighted by atomic mass is 16.5. The van der Waals surface area contributed by atoms with Gasteiger partial charge in [-0.1, -0.05) is 66.7 Å². The van der Waals surface area contributed by atoms with Gasteiger partial charge in [-0.15, -0.1) is 0 Å². The summed E-state index contributed by atoms with van der Waals surface area (Å²) in [5.41, 5.74) is 3.52. The van der Waals surface area contributed by atoms with E-state index in [1.807, 2.05) is 54.6 Å². The molecule has 0 aliphatic heterocycles. The number of nitriles is 1. The van der Waals surface area contributed by atoms with E-state index in [0.717, 1.165) is 11.1 Å². The summed E-state index contributed by atoms with van der Waals surface area (Å²) in [6.45, 7) is 0.0751. The molecule has 0 aromatic heterocycles. The number of carbonyl (C=O) groups is 1. The van der Waals surface area contributed by atoms with Crippen LogP contribution in [0.25, 0.3) is 11.1 Å². The molecule has 0 amide bonds. The molecular formula is C21H15NO2. The fourth-order valence-corrected chi connectivity index (χ4v) is 2.51. The number of esters is 1. The van der Waals surface area contributed by atoms with Gasteiger partial charge in [-0.2, -0.15) is 5.26 Å². The Morgan fingerprint density at radius 3 is 2.33 bits per heavy atom. The lowest BCUT2D eigenvalue weighted by molar-refractivity contribution is 0.0473. The second-order valence-electron chi connectivity index (χ2n) is 5.26. The lowest BCUT2D eigenvalue weighted by atomic mass is 10.00. The third-order valence-corrected chi connectivity index (χ3v) is 3.73. The number of rotatable bonds is 4. The Morgan fingerprint density at radius 2 is 1.54 bits per heavy atom. The predicted molar refractivity (Wildman–Crippen MR) is 92.2 cm³/mol. The van der Waals surface area contributed by atoms with Crippen molar-refractivity contribution in [1.29, 1.82) is 5.26 Å². The van der Waals surface area contributed by atoms with Gasteiger partial charge in [0.15, 0.2) is 0 Å². The molecule has 0 aliphatic carbocycles. The maximum atomic E-state index is 12.5. The highest BCUT2D eigenvalue weighted by molar-refractivity contribution is 5.97. The van der Waals surface area contributed by atoms with Crippen molar-refractivity contribution in [3.63, 3.8) is 0 Å². The Labute approximate surface area is 140 Å². The molecule has 24 heavy (non-hydrogen) atoms. The first-order chi connectivity index (χ1) is 11.8. The summed E-state index contributed by atoms with van der Waals surface area (Å²) in [5, 5.41) is 9.10. The standard InChI is InChI=1S/C21H15NO2/c22-14-17-10-4-5-11-18(17)15-24-21(23)20-13-7-6-12-19(20)16-8-2-1-3-9-16/h1-13H,15H2. The number of carbonyl (C=O) groups excluding carboxylic acids is 1. The minimum atomic E-state index is -0.401. The van der Waals surface area contributed by atoms with E-state index in [9.17, 15) is 4.79 Å². The van der Waals surface area contributed by atoms with Crippen LogP contribution in [0.4, 0.5) is 0 Å². The highest BCUT2D eigenvalue weighted by Gasteiger charge is 2.14. The van der Waals surface area contributed by atoms with Crippen LogP contribution in [0.15, 0.2) is 78.9 Å². The molecule has 0 bridgehead atoms. The van der Waals surface area contributed by atoms with Crippen LogP contribution >= 0.6 is 0 Å². The molecule has 0 radical (unpaired) electrons. The van der Waals surface area contributed by atoms with E-state index in [4.69, 9.17) is 10.00 Å². The summed E-state index contributed by atoms with van der Waals surface area (Å²) >= 11 is 0. The molecule has 3 rings (SSSR count). The third kappa shape index (κ3) is 3.34. The number of ether oxygens (including phenoxy) is 1. The average molecular weight is 313 g/mol. The van der Waals surface area contributed by atoms with Crippen LogP contribution < -0.4 is 0 Å². The van der Waals surface area contributed by atoms with Gasteiger partial charge in [0.2, 0.25) is 0 Å². The molecule has 3 aromatic rings. The lowest BCUT2D eigenvalue weighted by Gasteiger charge is -2.10. The molecule has 0 spiro atoms. The molecule has 0 saturated carbocycles. The first-order valence-electron chi connectivity index (χ1n) is 7.59. The largest absolute Gasteiger partial charge is 0.457 e. The van der Waals surface area contributed by atoms with Crippen molar-refractivity contribution >= 4 is 5.97 Å². The zero-order valence-electron chi connectivity index (χ0n) is 13.0. The third-order valence-electron chi connectivity index (χ3n) is 3.73. The van der Waals surface area contributed by atoms with Crippen LogP contribution in [0.2, 0.25) is 0 Å². The first kappa shape index (κ1) is 15.5. The lowest BCUT2D eigenvalue weighted by Crippen LogP contribution is -2.07. The first-order valence-corrected chi connectivity index (χ1v) is 7.59. The van der Waals surface area contributed by atoms with Gasteiger partial charge in [0.25, 0.3) is 0 Å². The topological polar surface area (TPSA) is 50.1 Å². The molecule has 0 unspecified atom stereocenters. The van der Waals surface area contributed by atoms with Crippen molar-refractivity contribution in [3.8, 4) is 17.2 Å². The molecule has 0 aliphatic rings. The van der Waals surface area contributed by atoms with Crippen LogP contribution in [-0.2, 0) is 11.3 Å². The summed E-state index contributed by atoms with van der Waals surface area (Å²) in [6.07, 6.45) is 0. The van der Waals surface area contributed by atoms with Crippen LogP contribution in [0.3, 0.4) is 0 Å². The summed E-state index contributed by atoms with van der Waals surface area (Å²) < 4.78 is 5.43. The van der Waals surface area contributed by atoms with Crippen molar-refractivity contribution in [2.45, 2.75) is 6.61 Å². The molecule has 3 nitrogen and oxygen atoms in total. The fraction of sp³-hybridized carbons (Fsp3) is 0.0476. The monoisotopic (exact) mass is 313 g/mol. The molecule has 0 N–H and O–H groups in total. The molecule has 0 heterocycles. The zero-order chi connectivity index (χ0) is 16.8. The van der Waals surface area contributed by atoms with Crippen molar-refractivity contribution < 1.29 is 9.53 Å². The minimum absolute atomic E-state index is 0.0751. The summed E-state index contributed by atoms with van der Waals surface area (Å²) in [6, 6.07) is 26.3. The summed E-state index contributed by atoms with van der Waals surface area (Å²) in [5.74, 6) is -0.401. The number of hydrogen-bond acceptors (Lipinski definition) is 3. The number of nitrogens with zero attached hydrogens (tertiary/aromatic N) is 1. The smallest absolute Gasteiger partial charge is 0.339 e. The van der Waals surface area contributed by atoms with Crippen molar-refractivity contribution in [3.05, 3.63) is 95.6 Å². The molecule has 3 heteroatoms. The Hall–Kier alpha value is -3.38.